The minimum atomic E-state index is 0.104. The first-order valence-electron chi connectivity index (χ1n) is 3.38. The van der Waals surface area contributed by atoms with E-state index in [1.807, 2.05) is 0 Å². The van der Waals surface area contributed by atoms with E-state index in [0.717, 1.165) is 19.4 Å². The molecule has 0 unspecified atom stereocenters. The molecular formula is C7H13BrO. The van der Waals surface area contributed by atoms with Gasteiger partial charge in [0.15, 0.2) is 0 Å². The number of hydrogen-bond acceptors (Lipinski definition) is 1. The Bertz CT molecular complexity index is 101. The molecule has 9 heavy (non-hydrogen) atoms. The quantitative estimate of drug-likeness (QED) is 0.536. The topological polar surface area (TPSA) is 9.23 Å². The monoisotopic (exact) mass is 192 g/mol. The lowest BCUT2D eigenvalue weighted by Crippen LogP contribution is -2.34. The molecule has 1 atom stereocenters. The van der Waals surface area contributed by atoms with Crippen LogP contribution in [0.15, 0.2) is 0 Å². The van der Waals surface area contributed by atoms with Gasteiger partial charge in [0.1, 0.15) is 0 Å². The van der Waals surface area contributed by atoms with Crippen LogP contribution in [-0.2, 0) is 4.74 Å². The predicted molar refractivity (Wildman–Crippen MR) is 42.0 cm³/mol. The number of hydrogen-bond donors (Lipinski definition) is 0. The van der Waals surface area contributed by atoms with Crippen molar-refractivity contribution in [2.45, 2.75) is 37.1 Å². The third kappa shape index (κ3) is 2.26. The summed E-state index contributed by atoms with van der Waals surface area (Å²) < 4.78 is 5.51. The van der Waals surface area contributed by atoms with E-state index in [1.165, 1.54) is 0 Å². The molecule has 1 heterocycles. The highest BCUT2D eigenvalue weighted by Crippen LogP contribution is 2.27. The van der Waals surface area contributed by atoms with Crippen LogP contribution < -0.4 is 0 Å². The summed E-state index contributed by atoms with van der Waals surface area (Å²) in [6, 6.07) is 0. The van der Waals surface area contributed by atoms with Crippen molar-refractivity contribution in [1.29, 1.82) is 0 Å². The molecule has 0 aromatic rings. The van der Waals surface area contributed by atoms with Gasteiger partial charge in [-0.25, -0.2) is 0 Å². The Balaban J connectivity index is 2.41. The number of alkyl halides is 1. The minimum absolute atomic E-state index is 0.104. The third-order valence-electron chi connectivity index (χ3n) is 1.64. The zero-order valence-electron chi connectivity index (χ0n) is 5.98. The van der Waals surface area contributed by atoms with Crippen LogP contribution in [0.25, 0.3) is 0 Å². The van der Waals surface area contributed by atoms with Gasteiger partial charge in [-0.1, -0.05) is 15.9 Å². The molecule has 1 aliphatic heterocycles. The molecule has 1 rings (SSSR count). The van der Waals surface area contributed by atoms with Crippen LogP contribution in [0.1, 0.15) is 26.7 Å². The molecular weight excluding hydrogens is 180 g/mol. The van der Waals surface area contributed by atoms with Gasteiger partial charge in [-0.3, -0.25) is 0 Å². The van der Waals surface area contributed by atoms with Gasteiger partial charge in [0.2, 0.25) is 0 Å². The Morgan fingerprint density at radius 2 is 2.22 bits per heavy atom. The molecule has 0 radical (unpaired) electrons. The van der Waals surface area contributed by atoms with E-state index in [4.69, 9.17) is 4.74 Å². The summed E-state index contributed by atoms with van der Waals surface area (Å²) in [4.78, 5) is 0.668. The van der Waals surface area contributed by atoms with E-state index in [0.29, 0.717) is 4.83 Å². The van der Waals surface area contributed by atoms with E-state index in [1.54, 1.807) is 0 Å². The summed E-state index contributed by atoms with van der Waals surface area (Å²) in [5, 5.41) is 0. The van der Waals surface area contributed by atoms with Crippen molar-refractivity contribution in [3.63, 3.8) is 0 Å². The maximum Gasteiger partial charge on any atom is 0.0637 e. The van der Waals surface area contributed by atoms with E-state index >= 15 is 0 Å². The Kier molecular flexibility index (Phi) is 2.17. The fraction of sp³-hybridized carbons (Fsp3) is 1.00. The fourth-order valence-electron chi connectivity index (χ4n) is 1.16. The molecule has 0 aliphatic carbocycles. The average Bonchev–Trinajstić information content (AvgIpc) is 1.60. The highest BCUT2D eigenvalue weighted by molar-refractivity contribution is 9.09. The van der Waals surface area contributed by atoms with Crippen LogP contribution in [0.4, 0.5) is 0 Å². The first-order valence-corrected chi connectivity index (χ1v) is 4.30. The first kappa shape index (κ1) is 7.55. The highest BCUT2D eigenvalue weighted by Gasteiger charge is 2.26. The SMILES string of the molecule is CC1(C)C[C@H](Br)CCO1. The average molecular weight is 193 g/mol. The molecule has 1 saturated heterocycles. The van der Waals surface area contributed by atoms with Crippen LogP contribution in [0.5, 0.6) is 0 Å². The van der Waals surface area contributed by atoms with Crippen molar-refractivity contribution in [3.05, 3.63) is 0 Å². The maximum atomic E-state index is 5.51. The van der Waals surface area contributed by atoms with Crippen LogP contribution in [0.3, 0.4) is 0 Å². The van der Waals surface area contributed by atoms with Crippen LogP contribution in [-0.4, -0.2) is 17.0 Å². The van der Waals surface area contributed by atoms with E-state index < -0.39 is 0 Å². The van der Waals surface area contributed by atoms with Crippen molar-refractivity contribution < 1.29 is 4.74 Å². The van der Waals surface area contributed by atoms with Crippen molar-refractivity contribution >= 4 is 15.9 Å². The van der Waals surface area contributed by atoms with Gasteiger partial charge in [0, 0.05) is 11.4 Å². The molecule has 2 heteroatoms. The Hall–Kier alpha value is 0.440. The van der Waals surface area contributed by atoms with E-state index in [9.17, 15) is 0 Å². The van der Waals surface area contributed by atoms with Crippen LogP contribution >= 0.6 is 15.9 Å². The second kappa shape index (κ2) is 2.59. The van der Waals surface area contributed by atoms with Crippen LogP contribution in [0, 0.1) is 0 Å². The molecule has 1 fully saturated rings. The summed E-state index contributed by atoms with van der Waals surface area (Å²) >= 11 is 3.58. The summed E-state index contributed by atoms with van der Waals surface area (Å²) in [5.74, 6) is 0. The largest absolute Gasteiger partial charge is 0.375 e. The zero-order chi connectivity index (χ0) is 6.91. The number of halogens is 1. The minimum Gasteiger partial charge on any atom is -0.375 e. The molecule has 54 valence electrons. The maximum absolute atomic E-state index is 5.51. The van der Waals surface area contributed by atoms with E-state index in [2.05, 4.69) is 29.8 Å². The lowest BCUT2D eigenvalue weighted by Gasteiger charge is -2.32. The molecule has 0 bridgehead atoms. The van der Waals surface area contributed by atoms with Crippen molar-refractivity contribution in [2.75, 3.05) is 6.61 Å². The molecule has 0 spiro atoms. The van der Waals surface area contributed by atoms with Crippen molar-refractivity contribution in [3.8, 4) is 0 Å². The Morgan fingerprint density at radius 3 is 2.56 bits per heavy atom. The summed E-state index contributed by atoms with van der Waals surface area (Å²) in [5.41, 5.74) is 0.104. The second-order valence-electron chi connectivity index (χ2n) is 3.20. The highest BCUT2D eigenvalue weighted by atomic mass is 79.9. The first-order chi connectivity index (χ1) is 4.10. The smallest absolute Gasteiger partial charge is 0.0637 e. The van der Waals surface area contributed by atoms with Gasteiger partial charge < -0.3 is 4.74 Å². The third-order valence-corrected chi connectivity index (χ3v) is 2.42. The van der Waals surface area contributed by atoms with Crippen molar-refractivity contribution in [1.82, 2.24) is 0 Å². The van der Waals surface area contributed by atoms with Crippen LogP contribution in [0.2, 0.25) is 0 Å². The number of ether oxygens (including phenoxy) is 1. The van der Waals surface area contributed by atoms with Gasteiger partial charge in [-0.2, -0.15) is 0 Å². The van der Waals surface area contributed by atoms with Gasteiger partial charge in [0.05, 0.1) is 5.60 Å². The summed E-state index contributed by atoms with van der Waals surface area (Å²) in [7, 11) is 0. The lowest BCUT2D eigenvalue weighted by atomic mass is 9.99. The molecule has 1 aliphatic rings. The molecule has 0 saturated carbocycles. The van der Waals surface area contributed by atoms with Gasteiger partial charge >= 0.3 is 0 Å². The molecule has 0 aromatic carbocycles. The number of rotatable bonds is 0. The Labute approximate surface area is 64.9 Å². The van der Waals surface area contributed by atoms with Gasteiger partial charge in [-0.15, -0.1) is 0 Å². The fourth-order valence-corrected chi connectivity index (χ4v) is 2.12. The predicted octanol–water partition coefficient (Wildman–Crippen LogP) is 2.34. The zero-order valence-corrected chi connectivity index (χ0v) is 7.57. The van der Waals surface area contributed by atoms with Gasteiger partial charge in [-0.05, 0) is 26.7 Å². The molecule has 1 nitrogen and oxygen atoms in total. The van der Waals surface area contributed by atoms with Gasteiger partial charge in [0.25, 0.3) is 0 Å². The molecule has 0 aromatic heterocycles. The Morgan fingerprint density at radius 1 is 1.56 bits per heavy atom. The standard InChI is InChI=1S/C7H13BrO/c1-7(2)5-6(8)3-4-9-7/h6H,3-5H2,1-2H3/t6-/m1/s1. The van der Waals surface area contributed by atoms with E-state index in [-0.39, 0.29) is 5.60 Å². The molecule has 0 amide bonds. The second-order valence-corrected chi connectivity index (χ2v) is 4.49. The normalized spacial score (nSPS) is 34.3. The summed E-state index contributed by atoms with van der Waals surface area (Å²) in [6.07, 6.45) is 2.29. The molecule has 0 N–H and O–H groups in total. The lowest BCUT2D eigenvalue weighted by molar-refractivity contribution is -0.0478. The summed E-state index contributed by atoms with van der Waals surface area (Å²) in [6.45, 7) is 5.18. The van der Waals surface area contributed by atoms with Crippen molar-refractivity contribution in [2.24, 2.45) is 0 Å².